The molecule has 3 aromatic rings. The Hall–Kier alpha value is -2.69. The molecule has 0 aliphatic carbocycles. The Kier molecular flexibility index (Phi) is 3.15. The first kappa shape index (κ1) is 13.9. The first-order valence-corrected chi connectivity index (χ1v) is 7.60. The molecule has 2 aromatic heterocycles. The number of hydrogen-bond acceptors (Lipinski definition) is 2. The Labute approximate surface area is 133 Å². The molecule has 1 N–H and O–H groups in total. The van der Waals surface area contributed by atoms with E-state index in [4.69, 9.17) is 0 Å². The molecule has 4 rings (SSSR count). The number of carbonyl (C=O) groups excluding carboxylic acids is 1. The molecule has 1 aliphatic heterocycles. The van der Waals surface area contributed by atoms with E-state index >= 15 is 0 Å². The van der Waals surface area contributed by atoms with Crippen molar-refractivity contribution in [2.75, 3.05) is 13.1 Å². The van der Waals surface area contributed by atoms with Gasteiger partial charge in [-0.3, -0.25) is 9.78 Å². The van der Waals surface area contributed by atoms with Gasteiger partial charge < -0.3 is 9.88 Å². The number of benzene rings is 1. The van der Waals surface area contributed by atoms with Crippen LogP contribution in [0.3, 0.4) is 0 Å². The van der Waals surface area contributed by atoms with Gasteiger partial charge in [-0.2, -0.15) is 0 Å². The number of rotatable bonds is 2. The molecule has 1 saturated heterocycles. The lowest BCUT2D eigenvalue weighted by Crippen LogP contribution is -2.48. The highest BCUT2D eigenvalue weighted by molar-refractivity contribution is 6.01. The van der Waals surface area contributed by atoms with E-state index in [2.05, 4.69) is 9.97 Å². The van der Waals surface area contributed by atoms with Crippen LogP contribution < -0.4 is 0 Å². The smallest absolute Gasteiger partial charge is 0.270 e. The predicted molar refractivity (Wildman–Crippen MR) is 85.9 cm³/mol. The number of carbonyl (C=O) groups is 1. The molecule has 0 saturated carbocycles. The second-order valence-electron chi connectivity index (χ2n) is 6.00. The predicted octanol–water partition coefficient (Wildman–Crippen LogP) is 3.25. The Morgan fingerprint density at radius 1 is 1.26 bits per heavy atom. The average molecular weight is 309 g/mol. The van der Waals surface area contributed by atoms with Gasteiger partial charge in [-0.05, 0) is 48.4 Å². The minimum Gasteiger partial charge on any atom is -0.350 e. The van der Waals surface area contributed by atoms with Gasteiger partial charge in [0, 0.05) is 42.3 Å². The highest BCUT2D eigenvalue weighted by atomic mass is 19.1. The summed E-state index contributed by atoms with van der Waals surface area (Å²) < 4.78 is 13.4. The number of aromatic nitrogens is 2. The number of hydrogen-bond donors (Lipinski definition) is 1. The molecule has 1 amide bonds. The number of nitrogens with zero attached hydrogens (tertiary/aromatic N) is 2. The third-order valence-electron chi connectivity index (χ3n) is 4.58. The first-order valence-electron chi connectivity index (χ1n) is 7.60. The topological polar surface area (TPSA) is 49.0 Å². The van der Waals surface area contributed by atoms with Crippen LogP contribution in [0.25, 0.3) is 10.9 Å². The summed E-state index contributed by atoms with van der Waals surface area (Å²) >= 11 is 0. The Bertz CT molecular complexity index is 882. The van der Waals surface area contributed by atoms with Gasteiger partial charge in [0.15, 0.2) is 0 Å². The van der Waals surface area contributed by atoms with Crippen molar-refractivity contribution < 1.29 is 9.18 Å². The van der Waals surface area contributed by atoms with Crippen molar-refractivity contribution >= 4 is 16.8 Å². The highest BCUT2D eigenvalue weighted by Gasteiger charge is 2.33. The quantitative estimate of drug-likeness (QED) is 0.790. The number of aromatic amines is 1. The SMILES string of the molecule is Cc1c(C(=O)N2CC(c3ccncc3)C2)[nH]c2ccc(F)cc12. The summed E-state index contributed by atoms with van der Waals surface area (Å²) in [5, 5.41) is 0.763. The standard InChI is InChI=1S/C18H16FN3O/c1-11-15-8-14(19)2-3-16(15)21-17(11)18(23)22-9-13(10-22)12-4-6-20-7-5-12/h2-8,13,21H,9-10H2,1H3. The second-order valence-corrected chi connectivity index (χ2v) is 6.00. The fraction of sp³-hybridized carbons (Fsp3) is 0.222. The number of pyridine rings is 1. The molecule has 5 heteroatoms. The van der Waals surface area contributed by atoms with Crippen molar-refractivity contribution in [3.8, 4) is 0 Å². The van der Waals surface area contributed by atoms with Crippen LogP contribution in [0.15, 0.2) is 42.7 Å². The van der Waals surface area contributed by atoms with E-state index in [0.29, 0.717) is 24.7 Å². The molecule has 0 unspecified atom stereocenters. The van der Waals surface area contributed by atoms with Crippen LogP contribution in [0.2, 0.25) is 0 Å². The lowest BCUT2D eigenvalue weighted by molar-refractivity contribution is 0.0596. The van der Waals surface area contributed by atoms with Crippen LogP contribution in [-0.2, 0) is 0 Å². The maximum absolute atomic E-state index is 13.4. The monoisotopic (exact) mass is 309 g/mol. The fourth-order valence-corrected chi connectivity index (χ4v) is 3.16. The zero-order valence-electron chi connectivity index (χ0n) is 12.7. The number of nitrogens with one attached hydrogen (secondary N) is 1. The van der Waals surface area contributed by atoms with E-state index in [1.807, 2.05) is 24.0 Å². The summed E-state index contributed by atoms with van der Waals surface area (Å²) in [4.78, 5) is 21.6. The van der Waals surface area contributed by atoms with Crippen LogP contribution in [-0.4, -0.2) is 33.9 Å². The Balaban J connectivity index is 1.56. The molecular weight excluding hydrogens is 293 g/mol. The zero-order valence-corrected chi connectivity index (χ0v) is 12.7. The normalized spacial score (nSPS) is 15.0. The summed E-state index contributed by atoms with van der Waals surface area (Å²) in [6.07, 6.45) is 3.55. The molecule has 0 spiro atoms. The van der Waals surface area contributed by atoms with Gasteiger partial charge in [-0.25, -0.2) is 4.39 Å². The summed E-state index contributed by atoms with van der Waals surface area (Å²) in [5.41, 5.74) is 3.36. The van der Waals surface area contributed by atoms with Crippen LogP contribution in [0.4, 0.5) is 4.39 Å². The molecule has 0 radical (unpaired) electrons. The fourth-order valence-electron chi connectivity index (χ4n) is 3.16. The van der Waals surface area contributed by atoms with Crippen molar-refractivity contribution in [2.45, 2.75) is 12.8 Å². The summed E-state index contributed by atoms with van der Waals surface area (Å²) in [7, 11) is 0. The van der Waals surface area contributed by atoms with Crippen molar-refractivity contribution in [2.24, 2.45) is 0 Å². The maximum Gasteiger partial charge on any atom is 0.270 e. The number of aryl methyl sites for hydroxylation is 1. The zero-order chi connectivity index (χ0) is 16.0. The number of H-pyrrole nitrogens is 1. The molecule has 23 heavy (non-hydrogen) atoms. The Morgan fingerprint density at radius 3 is 2.74 bits per heavy atom. The lowest BCUT2D eigenvalue weighted by atomic mass is 9.92. The van der Waals surface area contributed by atoms with E-state index < -0.39 is 0 Å². The van der Waals surface area contributed by atoms with Crippen LogP contribution in [0.5, 0.6) is 0 Å². The third kappa shape index (κ3) is 2.29. The largest absolute Gasteiger partial charge is 0.350 e. The van der Waals surface area contributed by atoms with Crippen molar-refractivity contribution in [3.63, 3.8) is 0 Å². The average Bonchev–Trinajstić information content (AvgIpc) is 2.84. The van der Waals surface area contributed by atoms with E-state index in [-0.39, 0.29) is 11.7 Å². The van der Waals surface area contributed by atoms with Crippen molar-refractivity contribution in [3.05, 3.63) is 65.4 Å². The molecule has 1 fully saturated rings. The van der Waals surface area contributed by atoms with Crippen LogP contribution >= 0.6 is 0 Å². The Morgan fingerprint density at radius 2 is 2.00 bits per heavy atom. The number of fused-ring (bicyclic) bond motifs is 1. The highest BCUT2D eigenvalue weighted by Crippen LogP contribution is 2.30. The third-order valence-corrected chi connectivity index (χ3v) is 4.58. The molecule has 0 atom stereocenters. The molecule has 1 aliphatic rings. The molecule has 1 aromatic carbocycles. The maximum atomic E-state index is 13.4. The van der Waals surface area contributed by atoms with Gasteiger partial charge in [0.25, 0.3) is 5.91 Å². The minimum atomic E-state index is -0.291. The van der Waals surface area contributed by atoms with E-state index in [0.717, 1.165) is 16.5 Å². The van der Waals surface area contributed by atoms with Gasteiger partial charge in [-0.15, -0.1) is 0 Å². The van der Waals surface area contributed by atoms with Gasteiger partial charge in [0.1, 0.15) is 11.5 Å². The van der Waals surface area contributed by atoms with E-state index in [1.54, 1.807) is 18.5 Å². The molecule has 3 heterocycles. The van der Waals surface area contributed by atoms with Gasteiger partial charge in [0.05, 0.1) is 0 Å². The number of halogens is 1. The number of likely N-dealkylation sites (tertiary alicyclic amines) is 1. The van der Waals surface area contributed by atoms with E-state index in [9.17, 15) is 9.18 Å². The van der Waals surface area contributed by atoms with Gasteiger partial charge in [0.2, 0.25) is 0 Å². The summed E-state index contributed by atoms with van der Waals surface area (Å²) in [6.45, 7) is 3.25. The first-order chi connectivity index (χ1) is 11.1. The summed E-state index contributed by atoms with van der Waals surface area (Å²) in [5.74, 6) is 0.0498. The van der Waals surface area contributed by atoms with Gasteiger partial charge in [-0.1, -0.05) is 0 Å². The lowest BCUT2D eigenvalue weighted by Gasteiger charge is -2.39. The second kappa shape index (κ2) is 5.19. The molecule has 4 nitrogen and oxygen atoms in total. The van der Waals surface area contributed by atoms with Gasteiger partial charge >= 0.3 is 0 Å². The van der Waals surface area contributed by atoms with Crippen LogP contribution in [0, 0.1) is 12.7 Å². The molecule has 0 bridgehead atoms. The summed E-state index contributed by atoms with van der Waals surface area (Å²) in [6, 6.07) is 8.51. The minimum absolute atomic E-state index is 0.0237. The van der Waals surface area contributed by atoms with Crippen LogP contribution in [0.1, 0.15) is 27.5 Å². The van der Waals surface area contributed by atoms with E-state index in [1.165, 1.54) is 17.7 Å². The van der Waals surface area contributed by atoms with Crippen molar-refractivity contribution in [1.82, 2.24) is 14.9 Å². The molecule has 116 valence electrons. The molecular formula is C18H16FN3O. The number of amides is 1. The van der Waals surface area contributed by atoms with Crippen molar-refractivity contribution in [1.29, 1.82) is 0 Å².